The average Bonchev–Trinajstić information content (AvgIpc) is 2.88. The Morgan fingerprint density at radius 3 is 2.33 bits per heavy atom. The van der Waals surface area contributed by atoms with E-state index < -0.39 is 0 Å². The Morgan fingerprint density at radius 1 is 0.889 bits per heavy atom. The van der Waals surface area contributed by atoms with Crippen LogP contribution in [0.2, 0.25) is 0 Å². The second-order valence-corrected chi connectivity index (χ2v) is 9.93. The van der Waals surface area contributed by atoms with Crippen LogP contribution in [0.4, 0.5) is 0 Å². The Labute approximate surface area is 212 Å². The standard InChI is InChI=1S/C31H31N3O2/c1-21-17-28(27-10-6-5-9-26(27)22-7-3-2-4-8-22)29-18-23(11-12-30(29)32-21)31(35)33-24-13-15-34(16-14-24)25-19-36-20-25/h2-12,17-18,24-25H,13-16,19-20H2,1H3,(H,33,35). The van der Waals surface area contributed by atoms with Gasteiger partial charge in [-0.3, -0.25) is 14.7 Å². The maximum Gasteiger partial charge on any atom is 0.251 e. The number of aryl methyl sites for hydroxylation is 1. The minimum atomic E-state index is -0.00908. The molecule has 4 aromatic rings. The van der Waals surface area contributed by atoms with E-state index in [-0.39, 0.29) is 11.9 Å². The fraction of sp³-hybridized carbons (Fsp3) is 0.290. The van der Waals surface area contributed by atoms with Gasteiger partial charge in [0.15, 0.2) is 0 Å². The molecule has 5 nitrogen and oxygen atoms in total. The highest BCUT2D eigenvalue weighted by Gasteiger charge is 2.30. The van der Waals surface area contributed by atoms with Crippen LogP contribution in [0.25, 0.3) is 33.2 Å². The van der Waals surface area contributed by atoms with Gasteiger partial charge < -0.3 is 10.1 Å². The van der Waals surface area contributed by atoms with Crippen molar-refractivity contribution in [1.82, 2.24) is 15.2 Å². The predicted molar refractivity (Wildman–Crippen MR) is 144 cm³/mol. The summed E-state index contributed by atoms with van der Waals surface area (Å²) in [5.74, 6) is -0.00908. The Hall–Kier alpha value is -3.54. The molecule has 6 rings (SSSR count). The molecule has 0 unspecified atom stereocenters. The summed E-state index contributed by atoms with van der Waals surface area (Å²) in [6.07, 6.45) is 1.96. The number of nitrogens with zero attached hydrogens (tertiary/aromatic N) is 2. The largest absolute Gasteiger partial charge is 0.378 e. The van der Waals surface area contributed by atoms with Crippen LogP contribution in [0.5, 0.6) is 0 Å². The molecule has 182 valence electrons. The molecule has 1 aromatic heterocycles. The van der Waals surface area contributed by atoms with Crippen molar-refractivity contribution in [2.24, 2.45) is 0 Å². The van der Waals surface area contributed by atoms with Gasteiger partial charge in [0.1, 0.15) is 0 Å². The van der Waals surface area contributed by atoms with Gasteiger partial charge >= 0.3 is 0 Å². The topological polar surface area (TPSA) is 54.5 Å². The highest BCUT2D eigenvalue weighted by atomic mass is 16.5. The van der Waals surface area contributed by atoms with E-state index in [1.165, 1.54) is 11.1 Å². The third-order valence-corrected chi connectivity index (χ3v) is 7.50. The first-order valence-electron chi connectivity index (χ1n) is 12.8. The van der Waals surface area contributed by atoms with E-state index in [2.05, 4.69) is 64.8 Å². The number of hydrogen-bond donors (Lipinski definition) is 1. The van der Waals surface area contributed by atoms with E-state index in [0.717, 1.165) is 66.9 Å². The smallest absolute Gasteiger partial charge is 0.251 e. The van der Waals surface area contributed by atoms with E-state index in [1.54, 1.807) is 0 Å². The summed E-state index contributed by atoms with van der Waals surface area (Å²) in [4.78, 5) is 20.5. The van der Waals surface area contributed by atoms with Crippen LogP contribution in [0.1, 0.15) is 28.9 Å². The summed E-state index contributed by atoms with van der Waals surface area (Å²) in [6.45, 7) is 5.74. The van der Waals surface area contributed by atoms with Crippen molar-refractivity contribution in [2.75, 3.05) is 26.3 Å². The van der Waals surface area contributed by atoms with Crippen LogP contribution < -0.4 is 5.32 Å². The Morgan fingerprint density at radius 2 is 1.61 bits per heavy atom. The lowest BCUT2D eigenvalue weighted by Crippen LogP contribution is -2.54. The van der Waals surface area contributed by atoms with Gasteiger partial charge in [0.05, 0.1) is 24.8 Å². The number of hydrogen-bond acceptors (Lipinski definition) is 4. The van der Waals surface area contributed by atoms with E-state index in [4.69, 9.17) is 9.72 Å². The first-order valence-corrected chi connectivity index (χ1v) is 12.8. The molecule has 0 radical (unpaired) electrons. The second kappa shape index (κ2) is 9.84. The zero-order valence-corrected chi connectivity index (χ0v) is 20.6. The Balaban J connectivity index is 1.30. The van der Waals surface area contributed by atoms with Gasteiger partial charge in [0.25, 0.3) is 5.91 Å². The third-order valence-electron chi connectivity index (χ3n) is 7.50. The minimum Gasteiger partial charge on any atom is -0.378 e. The molecule has 2 aliphatic heterocycles. The lowest BCUT2D eigenvalue weighted by molar-refractivity contribution is -0.0716. The van der Waals surface area contributed by atoms with Gasteiger partial charge in [0.2, 0.25) is 0 Å². The first-order chi connectivity index (χ1) is 17.7. The number of carbonyl (C=O) groups is 1. The molecule has 3 aromatic carbocycles. The number of ether oxygens (including phenoxy) is 1. The summed E-state index contributed by atoms with van der Waals surface area (Å²) in [6, 6.07) is 27.7. The molecule has 0 saturated carbocycles. The van der Waals surface area contributed by atoms with Gasteiger partial charge in [-0.05, 0) is 66.3 Å². The van der Waals surface area contributed by atoms with Crippen molar-refractivity contribution in [2.45, 2.75) is 31.8 Å². The van der Waals surface area contributed by atoms with Crippen LogP contribution in [-0.2, 0) is 4.74 Å². The van der Waals surface area contributed by atoms with Crippen molar-refractivity contribution in [3.63, 3.8) is 0 Å². The quantitative estimate of drug-likeness (QED) is 0.414. The Kier molecular flexibility index (Phi) is 6.26. The Bertz CT molecular complexity index is 1390. The van der Waals surface area contributed by atoms with Crippen LogP contribution in [0.15, 0.2) is 78.9 Å². The molecule has 0 atom stereocenters. The first kappa shape index (κ1) is 22.9. The number of carbonyl (C=O) groups excluding carboxylic acids is 1. The molecule has 2 saturated heterocycles. The van der Waals surface area contributed by atoms with Crippen molar-refractivity contribution < 1.29 is 9.53 Å². The third kappa shape index (κ3) is 4.52. The summed E-state index contributed by atoms with van der Waals surface area (Å²) < 4.78 is 5.34. The summed E-state index contributed by atoms with van der Waals surface area (Å²) in [5.41, 5.74) is 7.13. The van der Waals surface area contributed by atoms with Crippen molar-refractivity contribution in [1.29, 1.82) is 0 Å². The molecule has 1 amide bonds. The zero-order chi connectivity index (χ0) is 24.5. The molecular weight excluding hydrogens is 446 g/mol. The molecule has 2 aliphatic rings. The van der Waals surface area contributed by atoms with Crippen LogP contribution in [-0.4, -0.2) is 54.2 Å². The summed E-state index contributed by atoms with van der Waals surface area (Å²) >= 11 is 0. The highest BCUT2D eigenvalue weighted by molar-refractivity contribution is 6.04. The van der Waals surface area contributed by atoms with Gasteiger partial charge in [-0.25, -0.2) is 0 Å². The van der Waals surface area contributed by atoms with Crippen LogP contribution >= 0.6 is 0 Å². The molecule has 0 bridgehead atoms. The maximum absolute atomic E-state index is 13.3. The van der Waals surface area contributed by atoms with Crippen molar-refractivity contribution in [3.8, 4) is 22.3 Å². The van der Waals surface area contributed by atoms with Crippen molar-refractivity contribution in [3.05, 3.63) is 90.1 Å². The molecule has 0 aliphatic carbocycles. The normalized spacial score (nSPS) is 17.1. The fourth-order valence-electron chi connectivity index (χ4n) is 5.42. The lowest BCUT2D eigenvalue weighted by Gasteiger charge is -2.41. The summed E-state index contributed by atoms with van der Waals surface area (Å²) in [7, 11) is 0. The number of fused-ring (bicyclic) bond motifs is 1. The predicted octanol–water partition coefficient (Wildman–Crippen LogP) is 5.47. The maximum atomic E-state index is 13.3. The monoisotopic (exact) mass is 477 g/mol. The van der Waals surface area contributed by atoms with Gasteiger partial charge in [-0.15, -0.1) is 0 Å². The molecule has 5 heteroatoms. The highest BCUT2D eigenvalue weighted by Crippen LogP contribution is 2.36. The molecular formula is C31H31N3O2. The number of benzene rings is 3. The SMILES string of the molecule is Cc1cc(-c2ccccc2-c2ccccc2)c2cc(C(=O)NC3CCN(C4COC4)CC3)ccc2n1. The number of nitrogens with one attached hydrogen (secondary N) is 1. The van der Waals surface area contributed by atoms with Gasteiger partial charge in [-0.2, -0.15) is 0 Å². The van der Waals surface area contributed by atoms with E-state index in [1.807, 2.05) is 31.2 Å². The van der Waals surface area contributed by atoms with E-state index in [0.29, 0.717) is 11.6 Å². The van der Waals surface area contributed by atoms with Crippen LogP contribution in [0.3, 0.4) is 0 Å². The number of pyridine rings is 1. The van der Waals surface area contributed by atoms with Gasteiger partial charge in [0, 0.05) is 35.8 Å². The number of aromatic nitrogens is 1. The molecule has 3 heterocycles. The number of piperidine rings is 1. The average molecular weight is 478 g/mol. The number of amides is 1. The minimum absolute atomic E-state index is 0.00908. The van der Waals surface area contributed by atoms with E-state index in [9.17, 15) is 4.79 Å². The second-order valence-electron chi connectivity index (χ2n) is 9.93. The zero-order valence-electron chi connectivity index (χ0n) is 20.6. The molecule has 1 N–H and O–H groups in total. The number of rotatable bonds is 5. The van der Waals surface area contributed by atoms with Crippen LogP contribution in [0, 0.1) is 6.92 Å². The van der Waals surface area contributed by atoms with Crippen molar-refractivity contribution >= 4 is 16.8 Å². The van der Waals surface area contributed by atoms with Gasteiger partial charge in [-0.1, -0.05) is 54.6 Å². The molecule has 2 fully saturated rings. The summed E-state index contributed by atoms with van der Waals surface area (Å²) in [5, 5.41) is 4.28. The lowest BCUT2D eigenvalue weighted by atomic mass is 9.91. The fourth-order valence-corrected chi connectivity index (χ4v) is 5.42. The molecule has 0 spiro atoms. The molecule has 36 heavy (non-hydrogen) atoms. The van der Waals surface area contributed by atoms with E-state index >= 15 is 0 Å². The number of likely N-dealkylation sites (tertiary alicyclic amines) is 1.